The second-order valence-corrected chi connectivity index (χ2v) is 5.48. The molecular formula is C19H19F4N. The lowest BCUT2D eigenvalue weighted by atomic mass is 9.99. The van der Waals surface area contributed by atoms with Crippen LogP contribution in [0.2, 0.25) is 0 Å². The van der Waals surface area contributed by atoms with E-state index in [-0.39, 0.29) is 11.1 Å². The van der Waals surface area contributed by atoms with Gasteiger partial charge in [-0.25, -0.2) is 4.39 Å². The van der Waals surface area contributed by atoms with Crippen LogP contribution in [0.1, 0.15) is 34.2 Å². The molecule has 128 valence electrons. The van der Waals surface area contributed by atoms with Crippen molar-refractivity contribution in [3.63, 3.8) is 0 Å². The second kappa shape index (κ2) is 8.11. The molecule has 0 heterocycles. The molecule has 2 aromatic rings. The van der Waals surface area contributed by atoms with Gasteiger partial charge >= 0.3 is 6.18 Å². The number of rotatable bonds is 6. The van der Waals surface area contributed by atoms with Crippen molar-refractivity contribution in [3.05, 3.63) is 70.3 Å². The lowest BCUT2D eigenvalue weighted by Gasteiger charge is -2.13. The van der Waals surface area contributed by atoms with Crippen LogP contribution in [0.5, 0.6) is 0 Å². The van der Waals surface area contributed by atoms with Crippen LogP contribution in [0.4, 0.5) is 17.6 Å². The van der Waals surface area contributed by atoms with Crippen molar-refractivity contribution in [3.8, 4) is 0 Å². The monoisotopic (exact) mass is 337 g/mol. The summed E-state index contributed by atoms with van der Waals surface area (Å²) in [5.74, 6) is 0. The van der Waals surface area contributed by atoms with Gasteiger partial charge in [-0.2, -0.15) is 13.2 Å². The van der Waals surface area contributed by atoms with Crippen LogP contribution in [-0.4, -0.2) is 6.54 Å². The summed E-state index contributed by atoms with van der Waals surface area (Å²) >= 11 is 0. The van der Waals surface area contributed by atoms with E-state index in [1.54, 1.807) is 12.1 Å². The molecule has 0 atom stereocenters. The van der Waals surface area contributed by atoms with Gasteiger partial charge in [-0.3, -0.25) is 0 Å². The first kappa shape index (κ1) is 18.2. The third-order valence-corrected chi connectivity index (χ3v) is 3.71. The number of hydrogen-bond donors (Lipinski definition) is 1. The summed E-state index contributed by atoms with van der Waals surface area (Å²) in [6, 6.07) is 11.1. The van der Waals surface area contributed by atoms with Crippen molar-refractivity contribution in [1.29, 1.82) is 0 Å². The lowest BCUT2D eigenvalue weighted by Crippen LogP contribution is -2.08. The molecule has 0 aromatic heterocycles. The highest BCUT2D eigenvalue weighted by molar-refractivity contribution is 5.73. The number of hydrogen-bond acceptors (Lipinski definition) is 1. The van der Waals surface area contributed by atoms with Crippen LogP contribution in [0.15, 0.2) is 42.5 Å². The van der Waals surface area contributed by atoms with E-state index in [2.05, 4.69) is 0 Å². The van der Waals surface area contributed by atoms with Crippen molar-refractivity contribution in [1.82, 2.24) is 0 Å². The van der Waals surface area contributed by atoms with Crippen LogP contribution in [0.25, 0.3) is 12.2 Å². The third-order valence-electron chi connectivity index (χ3n) is 3.71. The predicted octanol–water partition coefficient (Wildman–Crippen LogP) is 5.24. The Hall–Kier alpha value is -2.14. The zero-order valence-corrected chi connectivity index (χ0v) is 13.1. The Labute approximate surface area is 138 Å². The highest BCUT2D eigenvalue weighted by Crippen LogP contribution is 2.34. The van der Waals surface area contributed by atoms with Crippen molar-refractivity contribution >= 4 is 12.2 Å². The molecule has 0 fully saturated rings. The van der Waals surface area contributed by atoms with E-state index in [0.717, 1.165) is 30.0 Å². The van der Waals surface area contributed by atoms with Gasteiger partial charge in [0.2, 0.25) is 0 Å². The Balaban J connectivity index is 2.35. The largest absolute Gasteiger partial charge is 0.416 e. The third kappa shape index (κ3) is 4.68. The number of nitrogens with two attached hydrogens (primary N) is 1. The molecule has 0 bridgehead atoms. The van der Waals surface area contributed by atoms with E-state index in [4.69, 9.17) is 5.73 Å². The molecule has 1 nitrogen and oxygen atoms in total. The number of halogens is 4. The van der Waals surface area contributed by atoms with Crippen molar-refractivity contribution in [2.45, 2.75) is 25.7 Å². The molecule has 0 radical (unpaired) electrons. The molecule has 0 aliphatic carbocycles. The van der Waals surface area contributed by atoms with Crippen molar-refractivity contribution in [2.24, 2.45) is 5.73 Å². The van der Waals surface area contributed by atoms with Crippen LogP contribution in [0, 0.1) is 0 Å². The fourth-order valence-electron chi connectivity index (χ4n) is 2.51. The van der Waals surface area contributed by atoms with Crippen LogP contribution >= 0.6 is 0 Å². The topological polar surface area (TPSA) is 26.0 Å². The predicted molar refractivity (Wildman–Crippen MR) is 89.0 cm³/mol. The summed E-state index contributed by atoms with van der Waals surface area (Å²) in [5.41, 5.74) is 6.40. The van der Waals surface area contributed by atoms with Gasteiger partial charge in [0.25, 0.3) is 0 Å². The van der Waals surface area contributed by atoms with Gasteiger partial charge in [0.1, 0.15) is 6.67 Å². The van der Waals surface area contributed by atoms with E-state index < -0.39 is 18.4 Å². The van der Waals surface area contributed by atoms with E-state index >= 15 is 0 Å². The average molecular weight is 337 g/mol. The number of benzene rings is 2. The molecule has 0 unspecified atom stereocenters. The zero-order valence-electron chi connectivity index (χ0n) is 13.1. The van der Waals surface area contributed by atoms with Crippen molar-refractivity contribution in [2.75, 3.05) is 6.54 Å². The summed E-state index contributed by atoms with van der Waals surface area (Å²) in [4.78, 5) is 0. The second-order valence-electron chi connectivity index (χ2n) is 5.48. The molecule has 5 heteroatoms. The van der Waals surface area contributed by atoms with E-state index in [0.29, 0.717) is 6.54 Å². The Morgan fingerprint density at radius 2 is 1.75 bits per heavy atom. The van der Waals surface area contributed by atoms with Gasteiger partial charge in [-0.15, -0.1) is 0 Å². The van der Waals surface area contributed by atoms with Crippen LogP contribution in [0.3, 0.4) is 0 Å². The molecule has 0 aliphatic heterocycles. The van der Waals surface area contributed by atoms with E-state index in [9.17, 15) is 17.6 Å². The summed E-state index contributed by atoms with van der Waals surface area (Å²) in [6.07, 6.45) is 0.0480. The molecule has 2 N–H and O–H groups in total. The fraction of sp³-hybridized carbons (Fsp3) is 0.263. The first-order valence-corrected chi connectivity index (χ1v) is 7.68. The normalized spacial score (nSPS) is 12.0. The molecule has 0 spiro atoms. The molecular weight excluding hydrogens is 318 g/mol. The zero-order chi connectivity index (χ0) is 17.6. The first-order valence-electron chi connectivity index (χ1n) is 7.68. The Morgan fingerprint density at radius 1 is 1.00 bits per heavy atom. The van der Waals surface area contributed by atoms with E-state index in [1.165, 1.54) is 18.2 Å². The molecule has 0 saturated heterocycles. The highest BCUT2D eigenvalue weighted by Gasteiger charge is 2.33. The van der Waals surface area contributed by atoms with Gasteiger partial charge in [0.15, 0.2) is 0 Å². The molecule has 2 aromatic carbocycles. The quantitative estimate of drug-likeness (QED) is 0.566. The molecule has 0 saturated carbocycles. The minimum Gasteiger partial charge on any atom is -0.330 e. The molecule has 0 amide bonds. The average Bonchev–Trinajstić information content (AvgIpc) is 2.57. The summed E-state index contributed by atoms with van der Waals surface area (Å²) < 4.78 is 52.4. The van der Waals surface area contributed by atoms with Gasteiger partial charge < -0.3 is 5.73 Å². The summed E-state index contributed by atoms with van der Waals surface area (Å²) in [6.45, 7) is -0.362. The highest BCUT2D eigenvalue weighted by atomic mass is 19.4. The Kier molecular flexibility index (Phi) is 6.15. The maximum absolute atomic E-state index is 13.1. The Morgan fingerprint density at radius 3 is 2.42 bits per heavy atom. The fourth-order valence-corrected chi connectivity index (χ4v) is 2.51. The lowest BCUT2D eigenvalue weighted by molar-refractivity contribution is -0.137. The molecule has 24 heavy (non-hydrogen) atoms. The number of aryl methyl sites for hydroxylation is 1. The summed E-state index contributed by atoms with van der Waals surface area (Å²) in [7, 11) is 0. The van der Waals surface area contributed by atoms with Gasteiger partial charge in [-0.05, 0) is 47.7 Å². The van der Waals surface area contributed by atoms with Gasteiger partial charge in [0, 0.05) is 0 Å². The maximum atomic E-state index is 13.1. The van der Waals surface area contributed by atoms with Crippen LogP contribution < -0.4 is 5.73 Å². The maximum Gasteiger partial charge on any atom is 0.416 e. The smallest absolute Gasteiger partial charge is 0.330 e. The minimum absolute atomic E-state index is 0.0281. The Bertz CT molecular complexity index is 705. The van der Waals surface area contributed by atoms with E-state index in [1.807, 2.05) is 18.2 Å². The molecule has 0 aliphatic rings. The van der Waals surface area contributed by atoms with Gasteiger partial charge in [0.05, 0.1) is 5.56 Å². The number of alkyl halides is 4. The minimum atomic E-state index is -4.52. The van der Waals surface area contributed by atoms with Gasteiger partial charge in [-0.1, -0.05) is 48.6 Å². The first-order chi connectivity index (χ1) is 11.5. The standard InChI is InChI=1S/C19H19F4N/c20-13-16-7-2-8-18(19(21,22)23)17(16)10-9-15-5-1-4-14(12-15)6-3-11-24/h1-2,4-5,7-10,12H,3,6,11,13,24H2/b10-9+. The van der Waals surface area contributed by atoms with Crippen molar-refractivity contribution < 1.29 is 17.6 Å². The molecule has 2 rings (SSSR count). The SMILES string of the molecule is NCCCc1cccc(/C=C/c2c(CF)cccc2C(F)(F)F)c1. The van der Waals surface area contributed by atoms with Crippen LogP contribution in [-0.2, 0) is 19.3 Å². The summed E-state index contributed by atoms with van der Waals surface area (Å²) in [5, 5.41) is 0.